The Hall–Kier alpha value is -3.34. The zero-order valence-electron chi connectivity index (χ0n) is 18.0. The van der Waals surface area contributed by atoms with Crippen molar-refractivity contribution in [2.45, 2.75) is 15.6 Å². The van der Waals surface area contributed by atoms with E-state index < -0.39 is 26.5 Å². The molecule has 2 unspecified atom stereocenters. The Morgan fingerprint density at radius 1 is 0.941 bits per heavy atom. The number of para-hydroxylation sites is 1. The number of sulfone groups is 1. The highest BCUT2D eigenvalue weighted by atomic mass is 32.2. The highest BCUT2D eigenvalue weighted by molar-refractivity contribution is 8.00. The average molecular weight is 498 g/mol. The third kappa shape index (κ3) is 5.96. The number of rotatable bonds is 8. The molecule has 3 N–H and O–H groups in total. The number of thioether (sulfide) groups is 1. The molecule has 1 heterocycles. The molecule has 1 aliphatic heterocycles. The van der Waals surface area contributed by atoms with Crippen LogP contribution in [0.25, 0.3) is 0 Å². The summed E-state index contributed by atoms with van der Waals surface area (Å²) in [5.74, 6) is 0.589. The number of hydrogen-bond acceptors (Lipinski definition) is 7. The molecule has 3 aromatic carbocycles. The van der Waals surface area contributed by atoms with Crippen LogP contribution in [0.2, 0.25) is 0 Å². The second-order valence-electron chi connectivity index (χ2n) is 7.44. The quantitative estimate of drug-likeness (QED) is 0.438. The van der Waals surface area contributed by atoms with Gasteiger partial charge in [-0.25, -0.2) is 8.42 Å². The van der Waals surface area contributed by atoms with Gasteiger partial charge < -0.3 is 15.4 Å². The summed E-state index contributed by atoms with van der Waals surface area (Å²) in [4.78, 5) is 24.9. The minimum Gasteiger partial charge on any atom is -0.457 e. The van der Waals surface area contributed by atoms with Crippen molar-refractivity contribution in [2.75, 3.05) is 17.6 Å². The van der Waals surface area contributed by atoms with Crippen LogP contribution in [0.3, 0.4) is 0 Å². The summed E-state index contributed by atoms with van der Waals surface area (Å²) in [7, 11) is -3.80. The normalized spacial score (nSPS) is 18.1. The number of anilines is 1. The van der Waals surface area contributed by atoms with Crippen LogP contribution in [0, 0.1) is 0 Å². The van der Waals surface area contributed by atoms with E-state index in [9.17, 15) is 18.0 Å². The van der Waals surface area contributed by atoms with E-state index in [1.807, 2.05) is 30.3 Å². The second kappa shape index (κ2) is 10.7. The summed E-state index contributed by atoms with van der Waals surface area (Å²) in [5, 5.41) is 7.17. The SMILES string of the molecule is O=C(CSC1NCC(S(=O)(=O)c2ccccc2)C(=O)N1)Nc1ccc(Oc2ccccc2)cc1. The van der Waals surface area contributed by atoms with E-state index >= 15 is 0 Å². The maximum Gasteiger partial charge on any atom is 0.241 e. The van der Waals surface area contributed by atoms with Gasteiger partial charge in [0, 0.05) is 12.2 Å². The number of hydrogen-bond donors (Lipinski definition) is 3. The Morgan fingerprint density at radius 3 is 2.21 bits per heavy atom. The van der Waals surface area contributed by atoms with Crippen LogP contribution in [0.1, 0.15) is 0 Å². The molecule has 0 spiro atoms. The summed E-state index contributed by atoms with van der Waals surface area (Å²) in [6.45, 7) is -0.0365. The zero-order chi connectivity index (χ0) is 24.0. The van der Waals surface area contributed by atoms with Crippen molar-refractivity contribution in [1.82, 2.24) is 10.6 Å². The third-order valence-electron chi connectivity index (χ3n) is 5.00. The fourth-order valence-corrected chi connectivity index (χ4v) is 5.63. The van der Waals surface area contributed by atoms with E-state index in [2.05, 4.69) is 16.0 Å². The fourth-order valence-electron chi connectivity index (χ4n) is 3.29. The number of benzene rings is 3. The Labute approximate surface area is 202 Å². The van der Waals surface area contributed by atoms with Gasteiger partial charge >= 0.3 is 0 Å². The molecule has 0 aromatic heterocycles. The van der Waals surface area contributed by atoms with Crippen LogP contribution in [0.4, 0.5) is 5.69 Å². The molecule has 3 aromatic rings. The topological polar surface area (TPSA) is 114 Å². The molecular weight excluding hydrogens is 474 g/mol. The maximum absolute atomic E-state index is 12.7. The van der Waals surface area contributed by atoms with Gasteiger partial charge in [-0.05, 0) is 48.5 Å². The second-order valence-corrected chi connectivity index (χ2v) is 10.7. The largest absolute Gasteiger partial charge is 0.457 e. The molecule has 1 aliphatic rings. The molecule has 8 nitrogen and oxygen atoms in total. The Morgan fingerprint density at radius 2 is 1.56 bits per heavy atom. The summed E-state index contributed by atoms with van der Waals surface area (Å²) < 4.78 is 31.2. The van der Waals surface area contributed by atoms with E-state index in [1.165, 1.54) is 23.9 Å². The Balaban J connectivity index is 1.24. The summed E-state index contributed by atoms with van der Waals surface area (Å²) in [5.41, 5.74) is 0.0443. The molecule has 2 amide bonds. The van der Waals surface area contributed by atoms with E-state index in [4.69, 9.17) is 4.74 Å². The number of amides is 2. The molecule has 0 saturated carbocycles. The first-order chi connectivity index (χ1) is 16.4. The van der Waals surface area contributed by atoms with Crippen LogP contribution in [0.5, 0.6) is 11.5 Å². The lowest BCUT2D eigenvalue weighted by molar-refractivity contribution is -0.122. The third-order valence-corrected chi connectivity index (χ3v) is 8.10. The van der Waals surface area contributed by atoms with Crippen molar-refractivity contribution in [3.63, 3.8) is 0 Å². The summed E-state index contributed by atoms with van der Waals surface area (Å²) in [6, 6.07) is 24.2. The van der Waals surface area contributed by atoms with E-state index in [1.54, 1.807) is 42.5 Å². The van der Waals surface area contributed by atoms with Gasteiger partial charge in [0.15, 0.2) is 15.1 Å². The molecular formula is C24H23N3O5S2. The Kier molecular flexibility index (Phi) is 7.51. The van der Waals surface area contributed by atoms with Gasteiger partial charge in [-0.3, -0.25) is 14.9 Å². The van der Waals surface area contributed by atoms with Crippen molar-refractivity contribution in [3.05, 3.63) is 84.9 Å². The van der Waals surface area contributed by atoms with Crippen LogP contribution >= 0.6 is 11.8 Å². The lowest BCUT2D eigenvalue weighted by atomic mass is 10.3. The molecule has 1 fully saturated rings. The summed E-state index contributed by atoms with van der Waals surface area (Å²) in [6.07, 6.45) is 0. The maximum atomic E-state index is 12.7. The standard InChI is InChI=1S/C24H23N3O5S2/c28-22(26-17-11-13-19(14-12-17)32-18-7-3-1-4-8-18)16-33-24-25-15-21(23(29)27-24)34(30,31)20-9-5-2-6-10-20/h1-14,21,24-25H,15-16H2,(H,26,28)(H,27,29). The molecule has 176 valence electrons. The van der Waals surface area contributed by atoms with E-state index in [0.717, 1.165) is 5.75 Å². The van der Waals surface area contributed by atoms with Crippen molar-refractivity contribution >= 4 is 39.1 Å². The highest BCUT2D eigenvalue weighted by Crippen LogP contribution is 2.23. The van der Waals surface area contributed by atoms with Gasteiger partial charge in [0.05, 0.1) is 10.6 Å². The molecule has 4 rings (SSSR count). The zero-order valence-corrected chi connectivity index (χ0v) is 19.6. The van der Waals surface area contributed by atoms with Gasteiger partial charge in [0.2, 0.25) is 11.8 Å². The molecule has 0 bridgehead atoms. The van der Waals surface area contributed by atoms with Crippen LogP contribution < -0.4 is 20.7 Å². The van der Waals surface area contributed by atoms with Crippen molar-refractivity contribution in [3.8, 4) is 11.5 Å². The van der Waals surface area contributed by atoms with Crippen molar-refractivity contribution in [1.29, 1.82) is 0 Å². The minimum atomic E-state index is -3.80. The first-order valence-corrected chi connectivity index (χ1v) is 13.1. The lowest BCUT2D eigenvalue weighted by Crippen LogP contribution is -2.59. The molecule has 0 radical (unpaired) electrons. The average Bonchev–Trinajstić information content (AvgIpc) is 2.85. The smallest absolute Gasteiger partial charge is 0.241 e. The monoisotopic (exact) mass is 497 g/mol. The predicted octanol–water partition coefficient (Wildman–Crippen LogP) is 3.00. The fraction of sp³-hybridized carbons (Fsp3) is 0.167. The first kappa shape index (κ1) is 23.8. The van der Waals surface area contributed by atoms with E-state index in [-0.39, 0.29) is 23.1 Å². The van der Waals surface area contributed by atoms with Crippen molar-refractivity contribution < 1.29 is 22.7 Å². The number of nitrogens with one attached hydrogen (secondary N) is 3. The minimum absolute atomic E-state index is 0.0365. The molecule has 2 atom stereocenters. The lowest BCUT2D eigenvalue weighted by Gasteiger charge is -2.29. The molecule has 1 saturated heterocycles. The molecule has 34 heavy (non-hydrogen) atoms. The van der Waals surface area contributed by atoms with Gasteiger partial charge in [-0.15, -0.1) is 11.8 Å². The molecule has 10 heteroatoms. The van der Waals surface area contributed by atoms with Gasteiger partial charge in [0.1, 0.15) is 17.0 Å². The van der Waals surface area contributed by atoms with Crippen LogP contribution in [-0.2, 0) is 19.4 Å². The van der Waals surface area contributed by atoms with Crippen LogP contribution in [0.15, 0.2) is 89.8 Å². The van der Waals surface area contributed by atoms with E-state index in [0.29, 0.717) is 11.4 Å². The predicted molar refractivity (Wildman–Crippen MR) is 131 cm³/mol. The first-order valence-electron chi connectivity index (χ1n) is 10.5. The van der Waals surface area contributed by atoms with Crippen LogP contribution in [-0.4, -0.2) is 43.3 Å². The number of carbonyl (C=O) groups excluding carboxylic acids is 2. The van der Waals surface area contributed by atoms with Gasteiger partial charge in [-0.1, -0.05) is 36.4 Å². The Bertz CT molecular complexity index is 1240. The van der Waals surface area contributed by atoms with Gasteiger partial charge in [-0.2, -0.15) is 0 Å². The summed E-state index contributed by atoms with van der Waals surface area (Å²) >= 11 is 1.17. The van der Waals surface area contributed by atoms with Gasteiger partial charge in [0.25, 0.3) is 0 Å². The number of carbonyl (C=O) groups is 2. The highest BCUT2D eigenvalue weighted by Gasteiger charge is 2.38. The molecule has 0 aliphatic carbocycles. The van der Waals surface area contributed by atoms with Crippen molar-refractivity contribution in [2.24, 2.45) is 0 Å². The number of ether oxygens (including phenoxy) is 1.